The fraction of sp³-hybridized carbons (Fsp3) is 0.214. The summed E-state index contributed by atoms with van der Waals surface area (Å²) in [6, 6.07) is 13.9. The van der Waals surface area contributed by atoms with E-state index in [1.807, 2.05) is 36.4 Å². The van der Waals surface area contributed by atoms with Crippen molar-refractivity contribution in [2.24, 2.45) is 0 Å². The first-order chi connectivity index (χ1) is 18.6. The standard InChI is InChI=1S/C28H16N6S4/c29-11-16(12-30)8-18-4-5-21(35-18)27-34-25-24(38-27)23-20(28(25)6-2-1-3-7-28)10-22(37-23)26-33-15-19(36-26)9-17(13-31)14-32/h4-5,8-10,15H,1-3,6-7H2. The Morgan fingerprint density at radius 1 is 0.763 bits per heavy atom. The van der Waals surface area contributed by atoms with Gasteiger partial charge in [0.2, 0.25) is 0 Å². The van der Waals surface area contributed by atoms with E-state index in [1.54, 1.807) is 52.4 Å². The Morgan fingerprint density at radius 3 is 2.18 bits per heavy atom. The van der Waals surface area contributed by atoms with Crippen LogP contribution in [0.4, 0.5) is 0 Å². The van der Waals surface area contributed by atoms with E-state index in [0.717, 1.165) is 42.4 Å². The lowest BCUT2D eigenvalue weighted by molar-refractivity contribution is 0.347. The molecule has 0 saturated heterocycles. The monoisotopic (exact) mass is 564 g/mol. The number of rotatable bonds is 4. The number of aromatic nitrogens is 2. The van der Waals surface area contributed by atoms with Gasteiger partial charge >= 0.3 is 0 Å². The predicted molar refractivity (Wildman–Crippen MR) is 152 cm³/mol. The average Bonchev–Trinajstić information content (AvgIpc) is 3.76. The maximum absolute atomic E-state index is 9.09. The topological polar surface area (TPSA) is 121 Å². The summed E-state index contributed by atoms with van der Waals surface area (Å²) in [6.07, 6.45) is 10.7. The van der Waals surface area contributed by atoms with Crippen molar-refractivity contribution in [2.45, 2.75) is 37.5 Å². The van der Waals surface area contributed by atoms with Crippen LogP contribution in [-0.4, -0.2) is 9.97 Å². The van der Waals surface area contributed by atoms with Crippen LogP contribution >= 0.6 is 45.3 Å². The highest BCUT2D eigenvalue weighted by molar-refractivity contribution is 7.28. The van der Waals surface area contributed by atoms with Crippen LogP contribution < -0.4 is 0 Å². The molecule has 4 aromatic rings. The zero-order valence-corrected chi connectivity index (χ0v) is 23.1. The van der Waals surface area contributed by atoms with Gasteiger partial charge in [-0.15, -0.1) is 45.3 Å². The maximum Gasteiger partial charge on any atom is 0.134 e. The van der Waals surface area contributed by atoms with Crippen LogP contribution in [0.5, 0.6) is 0 Å². The summed E-state index contributed by atoms with van der Waals surface area (Å²) in [7, 11) is 0. The summed E-state index contributed by atoms with van der Waals surface area (Å²) in [5.74, 6) is 0. The lowest BCUT2D eigenvalue weighted by Gasteiger charge is -2.33. The van der Waals surface area contributed by atoms with Crippen LogP contribution in [-0.2, 0) is 5.41 Å². The first-order valence-electron chi connectivity index (χ1n) is 11.8. The summed E-state index contributed by atoms with van der Waals surface area (Å²) in [5.41, 5.74) is 2.65. The quantitative estimate of drug-likeness (QED) is 0.231. The van der Waals surface area contributed by atoms with Crippen molar-refractivity contribution >= 4 is 57.5 Å². The molecule has 2 aliphatic rings. The van der Waals surface area contributed by atoms with Crippen LogP contribution in [0.25, 0.3) is 41.7 Å². The van der Waals surface area contributed by atoms with E-state index in [9.17, 15) is 0 Å². The third-order valence-electron chi connectivity index (χ3n) is 6.87. The molecule has 0 atom stereocenters. The van der Waals surface area contributed by atoms with Crippen LogP contribution in [0.1, 0.15) is 53.1 Å². The summed E-state index contributed by atoms with van der Waals surface area (Å²) in [5, 5.41) is 38.2. The largest absolute Gasteiger partial charge is 0.243 e. The van der Waals surface area contributed by atoms with E-state index in [1.165, 1.54) is 51.6 Å². The first kappa shape index (κ1) is 24.4. The first-order valence-corrected chi connectivity index (χ1v) is 15.1. The van der Waals surface area contributed by atoms with E-state index >= 15 is 0 Å². The van der Waals surface area contributed by atoms with Gasteiger partial charge in [0, 0.05) is 21.4 Å². The van der Waals surface area contributed by atoms with Crippen molar-refractivity contribution in [3.05, 3.63) is 56.6 Å². The molecule has 0 N–H and O–H groups in total. The fourth-order valence-electron chi connectivity index (χ4n) is 5.19. The molecule has 2 aliphatic carbocycles. The van der Waals surface area contributed by atoms with Gasteiger partial charge in [-0.3, -0.25) is 0 Å². The lowest BCUT2D eigenvalue weighted by Crippen LogP contribution is -2.28. The number of nitriles is 4. The molecule has 0 aliphatic heterocycles. The van der Waals surface area contributed by atoms with Gasteiger partial charge in [-0.05, 0) is 48.8 Å². The maximum atomic E-state index is 9.09. The summed E-state index contributed by atoms with van der Waals surface area (Å²) < 4.78 is 0. The van der Waals surface area contributed by atoms with Crippen LogP contribution in [0.2, 0.25) is 0 Å². The second kappa shape index (κ2) is 9.76. The molecule has 182 valence electrons. The van der Waals surface area contributed by atoms with E-state index in [4.69, 9.17) is 26.0 Å². The van der Waals surface area contributed by atoms with Crippen LogP contribution in [0.3, 0.4) is 0 Å². The molecule has 4 heterocycles. The normalized spacial score (nSPS) is 14.4. The number of nitrogens with zero attached hydrogens (tertiary/aromatic N) is 6. The van der Waals surface area contributed by atoms with Gasteiger partial charge in [0.05, 0.1) is 25.2 Å². The van der Waals surface area contributed by atoms with Gasteiger partial charge in [0.1, 0.15) is 45.4 Å². The molecule has 10 heteroatoms. The van der Waals surface area contributed by atoms with E-state index in [2.05, 4.69) is 11.1 Å². The molecule has 6 rings (SSSR count). The second-order valence-corrected chi connectivity index (χ2v) is 13.3. The van der Waals surface area contributed by atoms with Gasteiger partial charge in [-0.25, -0.2) is 9.97 Å². The van der Waals surface area contributed by atoms with Crippen LogP contribution in [0.15, 0.2) is 35.5 Å². The molecule has 4 aromatic heterocycles. The Morgan fingerprint density at radius 2 is 1.47 bits per heavy atom. The van der Waals surface area contributed by atoms with Crippen molar-refractivity contribution in [2.75, 3.05) is 0 Å². The minimum atomic E-state index is -0.0734. The summed E-state index contributed by atoms with van der Waals surface area (Å²) in [4.78, 5) is 16.1. The molecule has 1 spiro atoms. The second-order valence-electron chi connectivity index (χ2n) is 9.03. The number of hydrogen-bond donors (Lipinski definition) is 0. The van der Waals surface area contributed by atoms with Gasteiger partial charge in [-0.1, -0.05) is 19.3 Å². The zero-order valence-electron chi connectivity index (χ0n) is 19.8. The molecule has 1 saturated carbocycles. The van der Waals surface area contributed by atoms with Crippen molar-refractivity contribution in [3.8, 4) is 53.8 Å². The van der Waals surface area contributed by atoms with E-state index in [-0.39, 0.29) is 16.6 Å². The Kier molecular flexibility index (Phi) is 6.28. The number of hydrogen-bond acceptors (Lipinski definition) is 10. The van der Waals surface area contributed by atoms with E-state index in [0.29, 0.717) is 0 Å². The number of allylic oxidation sites excluding steroid dienone is 2. The highest BCUT2D eigenvalue weighted by atomic mass is 32.1. The van der Waals surface area contributed by atoms with Crippen molar-refractivity contribution in [3.63, 3.8) is 0 Å². The molecule has 0 aromatic carbocycles. The van der Waals surface area contributed by atoms with Crippen molar-refractivity contribution in [1.29, 1.82) is 21.0 Å². The Hall–Kier alpha value is -3.90. The molecule has 6 nitrogen and oxygen atoms in total. The molecule has 0 radical (unpaired) electrons. The van der Waals surface area contributed by atoms with Crippen molar-refractivity contribution in [1.82, 2.24) is 9.97 Å². The highest BCUT2D eigenvalue weighted by Gasteiger charge is 2.48. The molecular weight excluding hydrogens is 549 g/mol. The van der Waals surface area contributed by atoms with E-state index < -0.39 is 0 Å². The minimum absolute atomic E-state index is 0.0700. The molecule has 38 heavy (non-hydrogen) atoms. The fourth-order valence-corrected chi connectivity index (χ4v) is 9.68. The third kappa shape index (κ3) is 4.00. The SMILES string of the molecule is N#CC(C#N)=Cc1ccc(-c2nc3c(s2)-c2sc(-c4ncc(C=C(C#N)C#N)s4)cc2C32CCCCC2)s1. The third-order valence-corrected chi connectivity index (χ3v) is 11.5. The Balaban J connectivity index is 1.41. The number of thiazole rings is 2. The molecule has 0 bridgehead atoms. The molecular formula is C28H16N6S4. The van der Waals surface area contributed by atoms with Gasteiger partial charge in [-0.2, -0.15) is 21.0 Å². The highest BCUT2D eigenvalue weighted by Crippen LogP contribution is 2.61. The average molecular weight is 565 g/mol. The summed E-state index contributed by atoms with van der Waals surface area (Å²) in [6.45, 7) is 0. The van der Waals surface area contributed by atoms with Gasteiger partial charge < -0.3 is 0 Å². The molecule has 1 fully saturated rings. The summed E-state index contributed by atoms with van der Waals surface area (Å²) >= 11 is 6.50. The lowest BCUT2D eigenvalue weighted by atomic mass is 9.70. The zero-order chi connectivity index (χ0) is 26.3. The number of thiophene rings is 2. The Labute approximate surface area is 235 Å². The molecule has 0 amide bonds. The Bertz CT molecular complexity index is 1650. The van der Waals surface area contributed by atoms with Crippen molar-refractivity contribution < 1.29 is 0 Å². The number of fused-ring (bicyclic) bond motifs is 5. The minimum Gasteiger partial charge on any atom is -0.243 e. The smallest absolute Gasteiger partial charge is 0.134 e. The van der Waals surface area contributed by atoms with Crippen LogP contribution in [0, 0.1) is 45.3 Å². The van der Waals surface area contributed by atoms with Gasteiger partial charge in [0.15, 0.2) is 0 Å². The predicted octanol–water partition coefficient (Wildman–Crippen LogP) is 8.15. The van der Waals surface area contributed by atoms with Gasteiger partial charge in [0.25, 0.3) is 0 Å². The molecule has 0 unspecified atom stereocenters.